The lowest BCUT2D eigenvalue weighted by Crippen LogP contribution is -2.27. The summed E-state index contributed by atoms with van der Waals surface area (Å²) in [5.74, 6) is 1.94. The lowest BCUT2D eigenvalue weighted by Gasteiger charge is -2.09. The molecule has 3 aliphatic rings. The van der Waals surface area contributed by atoms with Gasteiger partial charge in [0.2, 0.25) is 5.95 Å². The first kappa shape index (κ1) is 63.8. The van der Waals surface area contributed by atoms with Crippen LogP contribution in [-0.2, 0) is 77.1 Å². The molecule has 0 spiro atoms. The van der Waals surface area contributed by atoms with Crippen LogP contribution in [-0.4, -0.2) is 75.1 Å². The highest BCUT2D eigenvalue weighted by atomic mass is 127. The summed E-state index contributed by atoms with van der Waals surface area (Å²) >= 11 is 2.04. The number of nitrogens with two attached hydrogens (primary N) is 1. The Hall–Kier alpha value is -9.16. The van der Waals surface area contributed by atoms with Crippen molar-refractivity contribution in [3.05, 3.63) is 217 Å². The number of aryl methyl sites for hydroxylation is 1. The maximum Gasteiger partial charge on any atom is 0.416 e. The fourth-order valence-corrected chi connectivity index (χ4v) is 11.0. The van der Waals surface area contributed by atoms with Crippen molar-refractivity contribution in [1.29, 1.82) is 0 Å². The number of nitrogen functional groups attached to an aromatic ring is 1. The molecule has 0 atom stereocenters. The maximum atomic E-state index is 12.9. The number of aromatic nitrogens is 12. The zero-order valence-corrected chi connectivity index (χ0v) is 50.8. The first-order valence-electron chi connectivity index (χ1n) is 28.4. The molecule has 468 valence electrons. The van der Waals surface area contributed by atoms with E-state index in [1.54, 1.807) is 80.8 Å². The second-order valence-corrected chi connectivity index (χ2v) is 22.3. The molecule has 0 unspecified atom stereocenters. The molecule has 90 heavy (non-hydrogen) atoms. The number of hydrogen-bond donors (Lipinski definition) is 1. The van der Waals surface area contributed by atoms with E-state index in [9.17, 15) is 53.9 Å². The third-order valence-corrected chi connectivity index (χ3v) is 15.5. The monoisotopic (exact) mass is 1360 g/mol. The van der Waals surface area contributed by atoms with Crippen LogP contribution in [0.4, 0.5) is 62.9 Å². The Kier molecular flexibility index (Phi) is 18.5. The number of rotatable bonds is 15. The highest BCUT2D eigenvalue weighted by molar-refractivity contribution is 14.1. The Morgan fingerprint density at radius 2 is 0.811 bits per heavy atom. The van der Waals surface area contributed by atoms with E-state index in [-0.39, 0.29) is 42.3 Å². The Labute approximate surface area is 520 Å². The van der Waals surface area contributed by atoms with E-state index in [0.29, 0.717) is 122 Å². The summed E-state index contributed by atoms with van der Waals surface area (Å²) in [7, 11) is 0. The standard InChI is InChI=1S/C21H20F3N5O.C20H17F3IN5O.C20H19F3N6O/c1-3-7-29-13(2)26-19-17(20(29)30)9-18(27-19)15-10-25-28(12-15)11-14-5-4-6-16(8-14)21(22,23)24;2*1-2-6-29-18(30)15-8-16(26-17(15)27-19(29)24)13-9-25-28(11-13)10-12-4-3-5-14(7-12)20(21,22)23/h4-6,8,10,12H,3,7,9,11H2,1-2H3;3-5,7,9,11H,2,6,8,10H2,1H3;3-5,7,9,11H,2,6,8,10H2,1H3,(H2,24,27). The van der Waals surface area contributed by atoms with Gasteiger partial charge in [-0.15, -0.1) is 0 Å². The van der Waals surface area contributed by atoms with Gasteiger partial charge in [-0.1, -0.05) is 57.2 Å². The van der Waals surface area contributed by atoms with Gasteiger partial charge < -0.3 is 5.73 Å². The van der Waals surface area contributed by atoms with Crippen molar-refractivity contribution in [2.75, 3.05) is 5.73 Å². The second-order valence-electron chi connectivity index (χ2n) is 21.4. The third kappa shape index (κ3) is 14.3. The van der Waals surface area contributed by atoms with E-state index in [0.717, 1.165) is 66.8 Å². The molecule has 0 saturated carbocycles. The number of nitrogens with zero attached hydrogens (tertiary/aromatic N) is 15. The van der Waals surface area contributed by atoms with Crippen molar-refractivity contribution in [2.45, 2.75) is 124 Å². The molecule has 0 fully saturated rings. The van der Waals surface area contributed by atoms with Crippen molar-refractivity contribution in [2.24, 2.45) is 15.0 Å². The minimum absolute atomic E-state index is 0.0746. The van der Waals surface area contributed by atoms with Gasteiger partial charge >= 0.3 is 18.5 Å². The predicted molar refractivity (Wildman–Crippen MR) is 326 cm³/mol. The van der Waals surface area contributed by atoms with Gasteiger partial charge in [-0.05, 0) is 79.3 Å². The van der Waals surface area contributed by atoms with Gasteiger partial charge in [0.25, 0.3) is 16.7 Å². The summed E-state index contributed by atoms with van der Waals surface area (Å²) in [4.78, 5) is 64.7. The summed E-state index contributed by atoms with van der Waals surface area (Å²) in [6, 6.07) is 15.5. The number of fused-ring (bicyclic) bond motifs is 3. The molecule has 9 heterocycles. The Bertz CT molecular complexity index is 4020. The number of aliphatic imine (C=N–C) groups is 3. The number of alkyl halides is 9. The fourth-order valence-electron chi connectivity index (χ4n) is 10.3. The van der Waals surface area contributed by atoms with Gasteiger partial charge in [-0.25, -0.2) is 24.9 Å². The molecule has 0 aliphatic carbocycles. The van der Waals surface area contributed by atoms with Crippen molar-refractivity contribution >= 4 is 63.1 Å². The minimum Gasteiger partial charge on any atom is -0.369 e. The van der Waals surface area contributed by atoms with Crippen LogP contribution in [0.1, 0.15) is 113 Å². The van der Waals surface area contributed by atoms with E-state index in [2.05, 4.69) is 45.2 Å². The molecule has 0 radical (unpaired) electrons. The normalized spacial score (nSPS) is 13.4. The van der Waals surface area contributed by atoms with Crippen molar-refractivity contribution in [3.8, 4) is 0 Å². The predicted octanol–water partition coefficient (Wildman–Crippen LogP) is 11.3. The van der Waals surface area contributed by atoms with Gasteiger partial charge in [0, 0.05) is 96.8 Å². The molecule has 9 aromatic rings. The quantitative estimate of drug-likeness (QED) is 0.0581. The van der Waals surface area contributed by atoms with Crippen LogP contribution in [0.15, 0.2) is 139 Å². The smallest absolute Gasteiger partial charge is 0.369 e. The van der Waals surface area contributed by atoms with E-state index in [4.69, 9.17) is 5.73 Å². The highest BCUT2D eigenvalue weighted by Crippen LogP contribution is 2.34. The number of benzene rings is 3. The number of hydrogen-bond acceptors (Lipinski definition) is 13. The average Bonchev–Trinajstić information content (AvgIpc) is 1.79. The highest BCUT2D eigenvalue weighted by Gasteiger charge is 2.33. The molecule has 2 N–H and O–H groups in total. The molecule has 0 amide bonds. The zero-order valence-electron chi connectivity index (χ0n) is 48.7. The maximum absolute atomic E-state index is 12.9. The van der Waals surface area contributed by atoms with Gasteiger partial charge in [-0.3, -0.25) is 42.1 Å². The largest absolute Gasteiger partial charge is 0.416 e. The van der Waals surface area contributed by atoms with Crippen LogP contribution in [0.2, 0.25) is 0 Å². The van der Waals surface area contributed by atoms with E-state index in [1.807, 2.05) is 43.4 Å². The van der Waals surface area contributed by atoms with Gasteiger partial charge in [0.05, 0.1) is 88.7 Å². The number of halogens is 10. The SMILES string of the molecule is CCCn1c(C)nc2c(c1=O)CC(c1cnn(Cc3cccc(C(F)(F)F)c3)c1)=N2.CCCn1c(I)nc2c(c1=O)CC(c1cnn(Cc3cccc(C(F)(F)F)c3)c1)=N2.CCCn1c(N)nc2c(c1=O)CC(c1cnn(Cc3cccc(C(F)(F)F)c3)c1)=N2. The topological polar surface area (TPSA) is 221 Å². The number of anilines is 1. The summed E-state index contributed by atoms with van der Waals surface area (Å²) in [6.07, 6.45) is 0.200. The molecule has 19 nitrogen and oxygen atoms in total. The molecule has 3 aromatic carbocycles. The second kappa shape index (κ2) is 26.1. The lowest BCUT2D eigenvalue weighted by atomic mass is 10.1. The molecule has 29 heteroatoms. The Morgan fingerprint density at radius 1 is 0.478 bits per heavy atom. The van der Waals surface area contributed by atoms with Crippen LogP contribution < -0.4 is 22.4 Å². The average molecular weight is 1360 g/mol. The van der Waals surface area contributed by atoms with Crippen LogP contribution in [0.5, 0.6) is 0 Å². The summed E-state index contributed by atoms with van der Waals surface area (Å²) in [6.45, 7) is 9.99. The van der Waals surface area contributed by atoms with Crippen LogP contribution in [0, 0.1) is 10.8 Å². The molecule has 0 saturated heterocycles. The third-order valence-electron chi connectivity index (χ3n) is 14.7. The van der Waals surface area contributed by atoms with Gasteiger partial charge in [0.1, 0.15) is 5.82 Å². The minimum atomic E-state index is -4.39. The van der Waals surface area contributed by atoms with Crippen molar-refractivity contribution < 1.29 is 39.5 Å². The fraction of sp³-hybridized carbons (Fsp3) is 0.311. The Balaban J connectivity index is 0.000000148. The van der Waals surface area contributed by atoms with E-state index >= 15 is 0 Å². The molecule has 6 aromatic heterocycles. The van der Waals surface area contributed by atoms with E-state index < -0.39 is 35.2 Å². The molecule has 3 aliphatic heterocycles. The van der Waals surface area contributed by atoms with E-state index in [1.165, 1.54) is 27.4 Å². The van der Waals surface area contributed by atoms with Crippen molar-refractivity contribution in [1.82, 2.24) is 58.0 Å². The summed E-state index contributed by atoms with van der Waals surface area (Å²) < 4.78 is 126. The van der Waals surface area contributed by atoms with Gasteiger partial charge in [-0.2, -0.15) is 59.8 Å². The molecular formula is C61H56F9IN16O3. The Morgan fingerprint density at radius 3 is 1.19 bits per heavy atom. The lowest BCUT2D eigenvalue weighted by molar-refractivity contribution is -0.138. The molecule has 0 bridgehead atoms. The summed E-state index contributed by atoms with van der Waals surface area (Å²) in [5, 5.41) is 12.7. The van der Waals surface area contributed by atoms with Crippen LogP contribution in [0.3, 0.4) is 0 Å². The summed E-state index contributed by atoms with van der Waals surface area (Å²) in [5.41, 5.74) is 10.6. The first-order chi connectivity index (χ1) is 42.8. The van der Waals surface area contributed by atoms with Gasteiger partial charge in [0.15, 0.2) is 21.3 Å². The molecule has 12 rings (SSSR count). The van der Waals surface area contributed by atoms with Crippen LogP contribution in [0.25, 0.3) is 0 Å². The van der Waals surface area contributed by atoms with Crippen LogP contribution >= 0.6 is 22.6 Å². The first-order valence-corrected chi connectivity index (χ1v) is 29.4. The molecular weight excluding hydrogens is 1300 g/mol. The van der Waals surface area contributed by atoms with Crippen molar-refractivity contribution in [3.63, 3.8) is 0 Å². The zero-order chi connectivity index (χ0) is 64.4.